The largest absolute Gasteiger partial charge is 0.493 e. The van der Waals surface area contributed by atoms with E-state index in [1.807, 2.05) is 13.8 Å². The van der Waals surface area contributed by atoms with Gasteiger partial charge in [0, 0.05) is 15.6 Å². The number of carboxylic acid groups (broad SMARTS) is 1. The predicted octanol–water partition coefficient (Wildman–Crippen LogP) is 2.67. The second-order valence-corrected chi connectivity index (χ2v) is 5.25. The van der Waals surface area contributed by atoms with Gasteiger partial charge in [-0.25, -0.2) is 0 Å². The van der Waals surface area contributed by atoms with Gasteiger partial charge in [-0.2, -0.15) is 0 Å². The Morgan fingerprint density at radius 2 is 1.89 bits per heavy atom. The maximum Gasteiger partial charge on any atom is 0.325 e. The summed E-state index contributed by atoms with van der Waals surface area (Å²) in [5, 5.41) is 9.14. The second-order valence-electron chi connectivity index (χ2n) is 4.39. The second kappa shape index (κ2) is 6.25. The van der Waals surface area contributed by atoms with E-state index in [0.717, 1.165) is 5.56 Å². The zero-order valence-electron chi connectivity index (χ0n) is 11.4. The van der Waals surface area contributed by atoms with Crippen molar-refractivity contribution in [2.45, 2.75) is 25.8 Å². The molecular formula is C13H18BrNO4. The highest BCUT2D eigenvalue weighted by Crippen LogP contribution is 2.43. The van der Waals surface area contributed by atoms with Crippen LogP contribution in [0.25, 0.3) is 0 Å². The summed E-state index contributed by atoms with van der Waals surface area (Å²) in [5.74, 6) is 0.0170. The van der Waals surface area contributed by atoms with Crippen LogP contribution >= 0.6 is 15.9 Å². The average molecular weight is 332 g/mol. The van der Waals surface area contributed by atoms with E-state index >= 15 is 0 Å². The lowest BCUT2D eigenvalue weighted by atomic mass is 9.91. The van der Waals surface area contributed by atoms with Crippen molar-refractivity contribution >= 4 is 21.9 Å². The van der Waals surface area contributed by atoms with E-state index in [9.17, 15) is 4.79 Å². The van der Waals surface area contributed by atoms with Crippen LogP contribution in [0.1, 0.15) is 36.9 Å². The third-order valence-electron chi connectivity index (χ3n) is 2.85. The lowest BCUT2D eigenvalue weighted by Gasteiger charge is -2.22. The van der Waals surface area contributed by atoms with Crippen LogP contribution in [-0.2, 0) is 4.79 Å². The minimum atomic E-state index is -1.12. The predicted molar refractivity (Wildman–Crippen MR) is 75.9 cm³/mol. The van der Waals surface area contributed by atoms with E-state index in [4.69, 9.17) is 20.3 Å². The summed E-state index contributed by atoms with van der Waals surface area (Å²) in [5.41, 5.74) is 7.02. The van der Waals surface area contributed by atoms with Crippen molar-refractivity contribution in [1.82, 2.24) is 0 Å². The fourth-order valence-corrected chi connectivity index (χ4v) is 2.69. The summed E-state index contributed by atoms with van der Waals surface area (Å²) in [6.07, 6.45) is 0. The number of carbonyl (C=O) groups is 1. The van der Waals surface area contributed by atoms with Crippen molar-refractivity contribution in [2.75, 3.05) is 14.2 Å². The van der Waals surface area contributed by atoms with Crippen molar-refractivity contribution in [3.63, 3.8) is 0 Å². The Morgan fingerprint density at radius 3 is 2.26 bits per heavy atom. The van der Waals surface area contributed by atoms with Crippen LogP contribution in [0, 0.1) is 0 Å². The molecule has 0 saturated heterocycles. The third kappa shape index (κ3) is 3.01. The van der Waals surface area contributed by atoms with Crippen molar-refractivity contribution < 1.29 is 19.4 Å². The molecule has 0 aliphatic carbocycles. The van der Waals surface area contributed by atoms with Gasteiger partial charge in [-0.3, -0.25) is 4.79 Å². The van der Waals surface area contributed by atoms with Gasteiger partial charge in [0.05, 0.1) is 14.2 Å². The minimum absolute atomic E-state index is 0.0433. The van der Waals surface area contributed by atoms with Gasteiger partial charge in [0.1, 0.15) is 6.04 Å². The third-order valence-corrected chi connectivity index (χ3v) is 3.51. The highest BCUT2D eigenvalue weighted by atomic mass is 79.9. The summed E-state index contributed by atoms with van der Waals surface area (Å²) in [7, 11) is 3.05. The first-order valence-corrected chi connectivity index (χ1v) is 6.57. The van der Waals surface area contributed by atoms with E-state index in [-0.39, 0.29) is 5.92 Å². The SMILES string of the molecule is COc1cc(Br)c(C(N)C(=O)O)c(C(C)C)c1OC. The topological polar surface area (TPSA) is 81.8 Å². The fourth-order valence-electron chi connectivity index (χ4n) is 2.02. The molecule has 0 aliphatic heterocycles. The molecule has 1 atom stereocenters. The van der Waals surface area contributed by atoms with Gasteiger partial charge in [0.25, 0.3) is 0 Å². The number of hydrogen-bond acceptors (Lipinski definition) is 4. The lowest BCUT2D eigenvalue weighted by molar-refractivity contribution is -0.138. The van der Waals surface area contributed by atoms with Crippen LogP contribution in [0.2, 0.25) is 0 Å². The van der Waals surface area contributed by atoms with Gasteiger partial charge in [0.2, 0.25) is 0 Å². The van der Waals surface area contributed by atoms with Crippen LogP contribution in [0.5, 0.6) is 11.5 Å². The molecule has 1 unspecified atom stereocenters. The molecule has 0 radical (unpaired) electrons. The Hall–Kier alpha value is -1.27. The summed E-state index contributed by atoms with van der Waals surface area (Å²) >= 11 is 3.36. The van der Waals surface area contributed by atoms with Crippen LogP contribution in [-0.4, -0.2) is 25.3 Å². The van der Waals surface area contributed by atoms with E-state index in [2.05, 4.69) is 15.9 Å². The Kier molecular flexibility index (Phi) is 5.20. The van der Waals surface area contributed by atoms with E-state index in [1.54, 1.807) is 6.07 Å². The quantitative estimate of drug-likeness (QED) is 0.866. The number of ether oxygens (including phenoxy) is 2. The first-order chi connectivity index (χ1) is 8.84. The van der Waals surface area contributed by atoms with Crippen molar-refractivity contribution in [3.05, 3.63) is 21.7 Å². The monoisotopic (exact) mass is 331 g/mol. The fraction of sp³-hybridized carbons (Fsp3) is 0.462. The molecule has 0 heterocycles. The van der Waals surface area contributed by atoms with E-state index in [0.29, 0.717) is 21.5 Å². The van der Waals surface area contributed by atoms with Crippen LogP contribution in [0.3, 0.4) is 0 Å². The Labute approximate surface area is 120 Å². The first-order valence-electron chi connectivity index (χ1n) is 5.77. The molecule has 0 fully saturated rings. The standard InChI is InChI=1S/C13H18BrNO4/c1-6(2)9-10(11(15)13(16)17)7(14)5-8(18-3)12(9)19-4/h5-6,11H,15H2,1-4H3,(H,16,17). The van der Waals surface area contributed by atoms with Gasteiger partial charge < -0.3 is 20.3 Å². The van der Waals surface area contributed by atoms with Crippen molar-refractivity contribution in [3.8, 4) is 11.5 Å². The highest BCUT2D eigenvalue weighted by molar-refractivity contribution is 9.10. The van der Waals surface area contributed by atoms with Gasteiger partial charge in [-0.15, -0.1) is 0 Å². The maximum atomic E-state index is 11.2. The molecule has 0 amide bonds. The molecule has 0 aromatic heterocycles. The highest BCUT2D eigenvalue weighted by Gasteiger charge is 2.27. The van der Waals surface area contributed by atoms with Gasteiger partial charge in [-0.05, 0) is 12.0 Å². The molecule has 19 heavy (non-hydrogen) atoms. The van der Waals surface area contributed by atoms with Crippen molar-refractivity contribution in [1.29, 1.82) is 0 Å². The summed E-state index contributed by atoms with van der Waals surface area (Å²) in [4.78, 5) is 11.2. The molecule has 0 spiro atoms. The van der Waals surface area contributed by atoms with Gasteiger partial charge in [0.15, 0.2) is 11.5 Å². The molecule has 1 rings (SSSR count). The Morgan fingerprint density at radius 1 is 1.32 bits per heavy atom. The van der Waals surface area contributed by atoms with Crippen LogP contribution in [0.15, 0.2) is 10.5 Å². The molecule has 3 N–H and O–H groups in total. The average Bonchev–Trinajstić information content (AvgIpc) is 2.35. The molecule has 0 saturated carbocycles. The number of benzene rings is 1. The minimum Gasteiger partial charge on any atom is -0.493 e. The molecule has 5 nitrogen and oxygen atoms in total. The van der Waals surface area contributed by atoms with E-state index < -0.39 is 12.0 Å². The van der Waals surface area contributed by atoms with Crippen LogP contribution in [0.4, 0.5) is 0 Å². The molecule has 106 valence electrons. The molecule has 1 aromatic carbocycles. The summed E-state index contributed by atoms with van der Waals surface area (Å²) in [6, 6.07) is 0.551. The van der Waals surface area contributed by atoms with Crippen molar-refractivity contribution in [2.24, 2.45) is 5.73 Å². The zero-order valence-corrected chi connectivity index (χ0v) is 12.9. The maximum absolute atomic E-state index is 11.2. The Bertz CT molecular complexity index is 488. The first kappa shape index (κ1) is 15.8. The molecule has 1 aromatic rings. The Balaban J connectivity index is 3.66. The number of rotatable bonds is 5. The number of methoxy groups -OCH3 is 2. The molecule has 0 bridgehead atoms. The van der Waals surface area contributed by atoms with Gasteiger partial charge >= 0.3 is 5.97 Å². The number of aliphatic carboxylic acids is 1. The molecule has 6 heteroatoms. The summed E-state index contributed by atoms with van der Waals surface area (Å²) < 4.78 is 11.2. The molecular weight excluding hydrogens is 314 g/mol. The number of hydrogen-bond donors (Lipinski definition) is 2. The number of nitrogens with two attached hydrogens (primary N) is 1. The number of carboxylic acids is 1. The van der Waals surface area contributed by atoms with Crippen LogP contribution < -0.4 is 15.2 Å². The molecule has 0 aliphatic rings. The normalized spacial score (nSPS) is 12.4. The van der Waals surface area contributed by atoms with E-state index in [1.165, 1.54) is 14.2 Å². The smallest absolute Gasteiger partial charge is 0.325 e. The lowest BCUT2D eigenvalue weighted by Crippen LogP contribution is -2.23. The summed E-state index contributed by atoms with van der Waals surface area (Å²) in [6.45, 7) is 3.89. The van der Waals surface area contributed by atoms with Gasteiger partial charge in [-0.1, -0.05) is 29.8 Å². The number of halogens is 1. The zero-order chi connectivity index (χ0) is 14.7.